The van der Waals surface area contributed by atoms with E-state index in [4.69, 9.17) is 0 Å². The number of hydrogen-bond acceptors (Lipinski definition) is 4. The normalized spacial score (nSPS) is 13.6. The van der Waals surface area contributed by atoms with Gasteiger partial charge in [-0.2, -0.15) is 0 Å². The molecule has 4 heteroatoms. The van der Waals surface area contributed by atoms with E-state index in [0.717, 1.165) is 12.5 Å². The molecule has 0 N–H and O–H groups in total. The van der Waals surface area contributed by atoms with Gasteiger partial charge in [0.1, 0.15) is 0 Å². The van der Waals surface area contributed by atoms with Crippen LogP contribution in [0, 0.1) is 0 Å². The molecule has 1 aromatic heterocycles. The van der Waals surface area contributed by atoms with Gasteiger partial charge in [0.05, 0.1) is 12.4 Å². The molecule has 3 rings (SSSR count). The molecule has 0 saturated heterocycles. The molecule has 0 saturated carbocycles. The van der Waals surface area contributed by atoms with Crippen LogP contribution in [0.5, 0.6) is 0 Å². The average molecular weight is 254 g/mol. The van der Waals surface area contributed by atoms with Gasteiger partial charge in [0.15, 0.2) is 5.82 Å². The summed E-state index contributed by atoms with van der Waals surface area (Å²) in [5.41, 5.74) is 3.56. The van der Waals surface area contributed by atoms with Crippen LogP contribution in [-0.4, -0.2) is 32.8 Å². The van der Waals surface area contributed by atoms with Crippen LogP contribution in [0.2, 0.25) is 0 Å². The van der Waals surface area contributed by atoms with Gasteiger partial charge in [-0.15, -0.1) is 0 Å². The van der Waals surface area contributed by atoms with Crippen LogP contribution in [0.4, 0.5) is 22.9 Å². The van der Waals surface area contributed by atoms with Crippen LogP contribution in [0.3, 0.4) is 0 Å². The zero-order chi connectivity index (χ0) is 13.4. The third-order valence-corrected chi connectivity index (χ3v) is 3.46. The van der Waals surface area contributed by atoms with Crippen LogP contribution in [0.1, 0.15) is 0 Å². The lowest BCUT2D eigenvalue weighted by molar-refractivity contribution is 0.943. The minimum Gasteiger partial charge on any atom is -0.378 e. The summed E-state index contributed by atoms with van der Waals surface area (Å²) in [5, 5.41) is 0. The fourth-order valence-electron chi connectivity index (χ4n) is 2.38. The van der Waals surface area contributed by atoms with Crippen LogP contribution >= 0.6 is 0 Å². The zero-order valence-corrected chi connectivity index (χ0v) is 11.5. The Morgan fingerprint density at radius 3 is 2.53 bits per heavy atom. The van der Waals surface area contributed by atoms with Gasteiger partial charge in [-0.1, -0.05) is 0 Å². The summed E-state index contributed by atoms with van der Waals surface area (Å²) in [7, 11) is 6.19. The van der Waals surface area contributed by atoms with Gasteiger partial charge in [-0.25, -0.2) is 4.98 Å². The van der Waals surface area contributed by atoms with Crippen molar-refractivity contribution in [3.05, 3.63) is 42.6 Å². The smallest absolute Gasteiger partial charge is 0.158 e. The summed E-state index contributed by atoms with van der Waals surface area (Å²) in [6.45, 7) is 0.841. The molecular formula is C15H18N4. The summed E-state index contributed by atoms with van der Waals surface area (Å²) < 4.78 is 0. The minimum absolute atomic E-state index is 0.841. The van der Waals surface area contributed by atoms with E-state index in [-0.39, 0.29) is 0 Å². The van der Waals surface area contributed by atoms with Crippen LogP contribution in [0.15, 0.2) is 42.6 Å². The number of hydrogen-bond donors (Lipinski definition) is 0. The first kappa shape index (κ1) is 11.8. The number of benzene rings is 1. The third-order valence-electron chi connectivity index (χ3n) is 3.46. The van der Waals surface area contributed by atoms with Crippen LogP contribution in [0.25, 0.3) is 0 Å². The zero-order valence-electron chi connectivity index (χ0n) is 11.5. The van der Waals surface area contributed by atoms with E-state index in [1.807, 2.05) is 12.3 Å². The molecule has 2 aromatic rings. The Morgan fingerprint density at radius 1 is 1.11 bits per heavy atom. The van der Waals surface area contributed by atoms with Crippen molar-refractivity contribution in [2.75, 3.05) is 42.5 Å². The van der Waals surface area contributed by atoms with Gasteiger partial charge < -0.3 is 14.7 Å². The average Bonchev–Trinajstić information content (AvgIpc) is 2.77. The molecule has 0 amide bonds. The first-order valence-electron chi connectivity index (χ1n) is 6.38. The van der Waals surface area contributed by atoms with E-state index < -0.39 is 0 Å². The van der Waals surface area contributed by atoms with Crippen molar-refractivity contribution in [3.63, 3.8) is 0 Å². The second-order valence-corrected chi connectivity index (χ2v) is 5.02. The molecular weight excluding hydrogens is 236 g/mol. The molecule has 0 atom stereocenters. The van der Waals surface area contributed by atoms with Crippen molar-refractivity contribution < 1.29 is 0 Å². The fraction of sp³-hybridized carbons (Fsp3) is 0.267. The quantitative estimate of drug-likeness (QED) is 0.821. The van der Waals surface area contributed by atoms with Gasteiger partial charge >= 0.3 is 0 Å². The molecule has 0 unspecified atom stereocenters. The van der Waals surface area contributed by atoms with E-state index in [2.05, 4.69) is 71.2 Å². The third kappa shape index (κ3) is 1.99. The maximum Gasteiger partial charge on any atom is 0.158 e. The Labute approximate surface area is 113 Å². The maximum atomic E-state index is 4.50. The highest BCUT2D eigenvalue weighted by Crippen LogP contribution is 2.37. The maximum absolute atomic E-state index is 4.50. The lowest BCUT2D eigenvalue weighted by Crippen LogP contribution is -2.24. The van der Waals surface area contributed by atoms with Crippen LogP contribution in [-0.2, 0) is 0 Å². The fourth-order valence-corrected chi connectivity index (χ4v) is 2.38. The number of nitrogens with zero attached hydrogens (tertiary/aromatic N) is 4. The molecule has 98 valence electrons. The molecule has 0 aliphatic carbocycles. The molecule has 0 fully saturated rings. The Morgan fingerprint density at radius 2 is 1.84 bits per heavy atom. The molecule has 1 aliphatic rings. The number of rotatable bonds is 2. The van der Waals surface area contributed by atoms with Gasteiger partial charge in [-0.3, -0.25) is 0 Å². The van der Waals surface area contributed by atoms with E-state index >= 15 is 0 Å². The standard InChI is InChI=1S/C15H18N4/c1-17(2)12-6-8-13(9-7-12)19-11-18(3)14-5-4-10-16-15(14)19/h4-10H,11H2,1-3H3. The molecule has 19 heavy (non-hydrogen) atoms. The second kappa shape index (κ2) is 4.46. The molecule has 1 aromatic carbocycles. The molecule has 0 spiro atoms. The molecule has 0 bridgehead atoms. The SMILES string of the molecule is CN(C)c1ccc(N2CN(C)c3cccnc32)cc1. The van der Waals surface area contributed by atoms with Gasteiger partial charge in [0.25, 0.3) is 0 Å². The predicted octanol–water partition coefficient (Wildman–Crippen LogP) is 2.69. The summed E-state index contributed by atoms with van der Waals surface area (Å²) in [6.07, 6.45) is 1.85. The topological polar surface area (TPSA) is 22.6 Å². The number of anilines is 4. The van der Waals surface area contributed by atoms with Crippen molar-refractivity contribution in [3.8, 4) is 0 Å². The second-order valence-electron chi connectivity index (χ2n) is 5.02. The molecule has 0 radical (unpaired) electrons. The van der Waals surface area contributed by atoms with Crippen molar-refractivity contribution in [2.24, 2.45) is 0 Å². The Balaban J connectivity index is 1.96. The highest BCUT2D eigenvalue weighted by atomic mass is 15.4. The van der Waals surface area contributed by atoms with Crippen LogP contribution < -0.4 is 14.7 Å². The summed E-state index contributed by atoms with van der Waals surface area (Å²) in [6, 6.07) is 12.6. The van der Waals surface area contributed by atoms with Crippen molar-refractivity contribution in [1.82, 2.24) is 4.98 Å². The first-order valence-corrected chi connectivity index (χ1v) is 6.38. The summed E-state index contributed by atoms with van der Waals surface area (Å²) >= 11 is 0. The number of pyridine rings is 1. The predicted molar refractivity (Wildman–Crippen MR) is 80.4 cm³/mol. The van der Waals surface area contributed by atoms with Gasteiger partial charge in [0, 0.05) is 38.7 Å². The van der Waals surface area contributed by atoms with E-state index in [1.165, 1.54) is 17.1 Å². The first-order chi connectivity index (χ1) is 9.16. The molecule has 4 nitrogen and oxygen atoms in total. The summed E-state index contributed by atoms with van der Waals surface area (Å²) in [4.78, 5) is 11.0. The Kier molecular flexibility index (Phi) is 2.78. The van der Waals surface area contributed by atoms with E-state index in [0.29, 0.717) is 0 Å². The van der Waals surface area contributed by atoms with Gasteiger partial charge in [-0.05, 0) is 36.4 Å². The molecule has 2 heterocycles. The Bertz CT molecular complexity index is 577. The van der Waals surface area contributed by atoms with Gasteiger partial charge in [0.2, 0.25) is 0 Å². The van der Waals surface area contributed by atoms with E-state index in [9.17, 15) is 0 Å². The van der Waals surface area contributed by atoms with Crippen molar-refractivity contribution in [1.29, 1.82) is 0 Å². The lowest BCUT2D eigenvalue weighted by atomic mass is 10.2. The molecule has 1 aliphatic heterocycles. The number of fused-ring (bicyclic) bond motifs is 1. The van der Waals surface area contributed by atoms with Crippen molar-refractivity contribution >= 4 is 22.9 Å². The Hall–Kier alpha value is -2.23. The largest absolute Gasteiger partial charge is 0.378 e. The highest BCUT2D eigenvalue weighted by molar-refractivity contribution is 5.79. The van der Waals surface area contributed by atoms with Crippen molar-refractivity contribution in [2.45, 2.75) is 0 Å². The minimum atomic E-state index is 0.841. The lowest BCUT2D eigenvalue weighted by Gasteiger charge is -2.20. The summed E-state index contributed by atoms with van der Waals surface area (Å²) in [5.74, 6) is 1.03. The highest BCUT2D eigenvalue weighted by Gasteiger charge is 2.25. The number of aromatic nitrogens is 1. The van der Waals surface area contributed by atoms with E-state index in [1.54, 1.807) is 0 Å². The monoisotopic (exact) mass is 254 g/mol.